The summed E-state index contributed by atoms with van der Waals surface area (Å²) in [4.78, 5) is 12.6. The molecule has 0 bridgehead atoms. The molecule has 1 aromatic rings. The first kappa shape index (κ1) is 24.8. The second kappa shape index (κ2) is 10.3. The van der Waals surface area contributed by atoms with Crippen molar-refractivity contribution in [2.45, 2.75) is 63.9 Å². The van der Waals surface area contributed by atoms with Crippen LogP contribution < -0.4 is 15.8 Å². The zero-order chi connectivity index (χ0) is 19.3. The molecule has 0 heterocycles. The SMILES string of the molecule is CCC(C)NS(=O)(=O)c1ccc(C(=O)NC(C)(CN)CC(C)C)cc1.Cl. The highest BCUT2D eigenvalue weighted by atomic mass is 35.5. The van der Waals surface area contributed by atoms with Crippen LogP contribution in [-0.4, -0.2) is 32.5 Å². The number of halogens is 1. The molecule has 0 aliphatic carbocycles. The average Bonchev–Trinajstić information content (AvgIpc) is 2.53. The number of benzene rings is 1. The van der Waals surface area contributed by atoms with Crippen LogP contribution in [0.15, 0.2) is 29.2 Å². The standard InChI is InChI=1S/C18H31N3O3S.ClH/c1-6-14(4)21-25(23,24)16-9-7-15(8-10-16)17(22)20-18(5,12-19)11-13(2)3;/h7-10,13-14,21H,6,11-12,19H2,1-5H3,(H,20,22);1H. The van der Waals surface area contributed by atoms with E-state index >= 15 is 0 Å². The highest BCUT2D eigenvalue weighted by Gasteiger charge is 2.26. The molecule has 2 unspecified atom stereocenters. The third kappa shape index (κ3) is 7.23. The molecule has 0 saturated heterocycles. The Morgan fingerprint density at radius 1 is 1.19 bits per heavy atom. The van der Waals surface area contributed by atoms with Crippen molar-refractivity contribution >= 4 is 28.3 Å². The third-order valence-corrected chi connectivity index (χ3v) is 5.73. The minimum Gasteiger partial charge on any atom is -0.346 e. The first-order valence-electron chi connectivity index (χ1n) is 8.68. The molecule has 150 valence electrons. The van der Waals surface area contributed by atoms with Gasteiger partial charge in [-0.25, -0.2) is 13.1 Å². The summed E-state index contributed by atoms with van der Waals surface area (Å²) in [5, 5.41) is 2.96. The van der Waals surface area contributed by atoms with Gasteiger partial charge < -0.3 is 11.1 Å². The molecule has 0 aliphatic rings. The Bertz CT molecular complexity index is 677. The summed E-state index contributed by atoms with van der Waals surface area (Å²) in [6.45, 7) is 10.1. The van der Waals surface area contributed by atoms with Crippen molar-refractivity contribution < 1.29 is 13.2 Å². The van der Waals surface area contributed by atoms with Gasteiger partial charge in [-0.3, -0.25) is 4.79 Å². The van der Waals surface area contributed by atoms with E-state index in [1.54, 1.807) is 0 Å². The molecule has 0 radical (unpaired) electrons. The Kier molecular flexibility index (Phi) is 9.80. The van der Waals surface area contributed by atoms with Gasteiger partial charge >= 0.3 is 0 Å². The molecule has 4 N–H and O–H groups in total. The Hall–Kier alpha value is -1.15. The number of nitrogens with two attached hydrogens (primary N) is 1. The number of hydrogen-bond acceptors (Lipinski definition) is 4. The van der Waals surface area contributed by atoms with Crippen molar-refractivity contribution in [2.75, 3.05) is 6.54 Å². The topological polar surface area (TPSA) is 101 Å². The van der Waals surface area contributed by atoms with Gasteiger partial charge in [0.1, 0.15) is 0 Å². The minimum absolute atomic E-state index is 0. The number of hydrogen-bond donors (Lipinski definition) is 3. The lowest BCUT2D eigenvalue weighted by Crippen LogP contribution is -2.52. The first-order valence-corrected chi connectivity index (χ1v) is 10.2. The second-order valence-electron chi connectivity index (χ2n) is 7.27. The van der Waals surface area contributed by atoms with E-state index < -0.39 is 15.6 Å². The fourth-order valence-corrected chi connectivity index (χ4v) is 3.96. The van der Waals surface area contributed by atoms with Gasteiger partial charge in [0.05, 0.1) is 4.90 Å². The largest absolute Gasteiger partial charge is 0.346 e. The van der Waals surface area contributed by atoms with Gasteiger partial charge in [-0.05, 0) is 56.9 Å². The number of rotatable bonds is 9. The fraction of sp³-hybridized carbons (Fsp3) is 0.611. The van der Waals surface area contributed by atoms with Crippen LogP contribution in [-0.2, 0) is 10.0 Å². The number of nitrogens with one attached hydrogen (secondary N) is 2. The normalized spacial score (nSPS) is 15.0. The average molecular weight is 406 g/mol. The molecule has 26 heavy (non-hydrogen) atoms. The molecule has 2 atom stereocenters. The van der Waals surface area contributed by atoms with Crippen molar-refractivity contribution in [3.05, 3.63) is 29.8 Å². The van der Waals surface area contributed by atoms with Crippen molar-refractivity contribution in [3.63, 3.8) is 0 Å². The molecule has 0 fully saturated rings. The number of carbonyl (C=O) groups excluding carboxylic acids is 1. The summed E-state index contributed by atoms with van der Waals surface area (Å²) in [6.07, 6.45) is 1.47. The number of sulfonamides is 1. The molecule has 8 heteroatoms. The Balaban J connectivity index is 0.00000625. The monoisotopic (exact) mass is 405 g/mol. The predicted molar refractivity (Wildman–Crippen MR) is 108 cm³/mol. The molecular formula is C18H32ClN3O3S. The second-order valence-corrected chi connectivity index (χ2v) is 8.99. The maximum Gasteiger partial charge on any atom is 0.251 e. The van der Waals surface area contributed by atoms with Gasteiger partial charge in [-0.1, -0.05) is 20.8 Å². The van der Waals surface area contributed by atoms with E-state index in [4.69, 9.17) is 5.73 Å². The van der Waals surface area contributed by atoms with Crippen molar-refractivity contribution in [1.82, 2.24) is 10.0 Å². The number of carbonyl (C=O) groups is 1. The van der Waals surface area contributed by atoms with Gasteiger partial charge in [0.25, 0.3) is 5.91 Å². The zero-order valence-electron chi connectivity index (χ0n) is 16.2. The molecule has 0 aromatic heterocycles. The van der Waals surface area contributed by atoms with Crippen LogP contribution in [0.2, 0.25) is 0 Å². The van der Waals surface area contributed by atoms with Gasteiger partial charge in [0, 0.05) is 23.7 Å². The van der Waals surface area contributed by atoms with Crippen LogP contribution in [0.25, 0.3) is 0 Å². The van der Waals surface area contributed by atoms with Crippen LogP contribution in [0.1, 0.15) is 57.8 Å². The highest BCUT2D eigenvalue weighted by molar-refractivity contribution is 7.89. The zero-order valence-corrected chi connectivity index (χ0v) is 17.8. The van der Waals surface area contributed by atoms with E-state index in [2.05, 4.69) is 23.9 Å². The van der Waals surface area contributed by atoms with Crippen molar-refractivity contribution in [3.8, 4) is 0 Å². The van der Waals surface area contributed by atoms with Gasteiger partial charge in [0.15, 0.2) is 0 Å². The Morgan fingerprint density at radius 3 is 2.15 bits per heavy atom. The van der Waals surface area contributed by atoms with Gasteiger partial charge in [-0.2, -0.15) is 0 Å². The van der Waals surface area contributed by atoms with E-state index in [1.165, 1.54) is 24.3 Å². The summed E-state index contributed by atoms with van der Waals surface area (Å²) in [5.41, 5.74) is 5.74. The van der Waals surface area contributed by atoms with Crippen molar-refractivity contribution in [1.29, 1.82) is 0 Å². The van der Waals surface area contributed by atoms with Gasteiger partial charge in [0.2, 0.25) is 10.0 Å². The third-order valence-electron chi connectivity index (χ3n) is 4.12. The molecule has 0 saturated carbocycles. The summed E-state index contributed by atoms with van der Waals surface area (Å²) < 4.78 is 27.1. The predicted octanol–water partition coefficient (Wildman–Crippen LogP) is 2.68. The fourth-order valence-electron chi connectivity index (χ4n) is 2.63. The molecule has 0 aliphatic heterocycles. The molecule has 1 rings (SSSR count). The quantitative estimate of drug-likeness (QED) is 0.587. The minimum atomic E-state index is -3.57. The summed E-state index contributed by atoms with van der Waals surface area (Å²) in [5.74, 6) is 0.139. The van der Waals surface area contributed by atoms with Crippen LogP contribution in [0.4, 0.5) is 0 Å². The maximum absolute atomic E-state index is 12.5. The molecule has 6 nitrogen and oxygen atoms in total. The summed E-state index contributed by atoms with van der Waals surface area (Å²) in [6, 6.07) is 5.79. The van der Waals surface area contributed by atoms with Crippen LogP contribution in [0.5, 0.6) is 0 Å². The molecule has 1 amide bonds. The summed E-state index contributed by atoms with van der Waals surface area (Å²) >= 11 is 0. The van der Waals surface area contributed by atoms with Crippen LogP contribution in [0.3, 0.4) is 0 Å². The lowest BCUT2D eigenvalue weighted by Gasteiger charge is -2.31. The highest BCUT2D eigenvalue weighted by Crippen LogP contribution is 2.17. The number of amides is 1. The lowest BCUT2D eigenvalue weighted by atomic mass is 9.90. The van der Waals surface area contributed by atoms with E-state index in [0.717, 1.165) is 6.42 Å². The summed E-state index contributed by atoms with van der Waals surface area (Å²) in [7, 11) is -3.57. The van der Waals surface area contributed by atoms with E-state index in [-0.39, 0.29) is 29.3 Å². The molecule has 1 aromatic carbocycles. The molecule has 0 spiro atoms. The Labute approximate surface area is 163 Å². The van der Waals surface area contributed by atoms with E-state index in [0.29, 0.717) is 24.4 Å². The smallest absolute Gasteiger partial charge is 0.251 e. The molecular weight excluding hydrogens is 374 g/mol. The first-order chi connectivity index (χ1) is 11.5. The van der Waals surface area contributed by atoms with Crippen LogP contribution in [0, 0.1) is 5.92 Å². The van der Waals surface area contributed by atoms with Crippen LogP contribution >= 0.6 is 12.4 Å². The Morgan fingerprint density at radius 2 is 1.73 bits per heavy atom. The van der Waals surface area contributed by atoms with Gasteiger partial charge in [-0.15, -0.1) is 12.4 Å². The van der Waals surface area contributed by atoms with E-state index in [9.17, 15) is 13.2 Å². The maximum atomic E-state index is 12.5. The lowest BCUT2D eigenvalue weighted by molar-refractivity contribution is 0.0898. The van der Waals surface area contributed by atoms with E-state index in [1.807, 2.05) is 20.8 Å². The van der Waals surface area contributed by atoms with Crippen molar-refractivity contribution in [2.24, 2.45) is 11.7 Å².